The van der Waals surface area contributed by atoms with E-state index in [4.69, 9.17) is 0 Å². The lowest BCUT2D eigenvalue weighted by molar-refractivity contribution is -0.150. The van der Waals surface area contributed by atoms with E-state index in [1.165, 1.54) is 38.5 Å². The maximum atomic E-state index is 12.7. The third-order valence-electron chi connectivity index (χ3n) is 10.4. The molecule has 4 rings (SSSR count). The molecule has 0 aromatic rings. The molecule has 154 valence electrons. The van der Waals surface area contributed by atoms with Gasteiger partial charge in [0.25, 0.3) is 0 Å². The van der Waals surface area contributed by atoms with Crippen LogP contribution >= 0.6 is 0 Å². The Kier molecular flexibility index (Phi) is 4.66. The summed E-state index contributed by atoms with van der Waals surface area (Å²) in [6, 6.07) is 0. The molecule has 0 radical (unpaired) electrons. The van der Waals surface area contributed by atoms with Crippen molar-refractivity contribution in [3.05, 3.63) is 0 Å². The maximum Gasteiger partial charge on any atom is 0.133 e. The third kappa shape index (κ3) is 2.87. The molecular formula is C25H42O2. The highest BCUT2D eigenvalue weighted by atomic mass is 16.3. The van der Waals surface area contributed by atoms with Crippen LogP contribution in [0.5, 0.6) is 0 Å². The number of Topliss-reactive ketones (excluding diaryl/α,β-unsaturated/α-hetero) is 1. The first-order valence-electron chi connectivity index (χ1n) is 11.7. The summed E-state index contributed by atoms with van der Waals surface area (Å²) in [6.45, 7) is 13.6. The minimum Gasteiger partial charge on any atom is -0.390 e. The number of ketones is 1. The van der Waals surface area contributed by atoms with E-state index in [-0.39, 0.29) is 11.3 Å². The second-order valence-electron chi connectivity index (χ2n) is 12.1. The molecule has 2 nitrogen and oxygen atoms in total. The Morgan fingerprint density at radius 1 is 0.963 bits per heavy atom. The predicted molar refractivity (Wildman–Crippen MR) is 110 cm³/mol. The fourth-order valence-electron chi connectivity index (χ4n) is 8.95. The molecule has 2 heteroatoms. The Balaban J connectivity index is 1.65. The van der Waals surface area contributed by atoms with Crippen molar-refractivity contribution >= 4 is 5.78 Å². The second kappa shape index (κ2) is 6.31. The highest BCUT2D eigenvalue weighted by Crippen LogP contribution is 2.69. The summed E-state index contributed by atoms with van der Waals surface area (Å²) in [6.07, 6.45) is 9.60. The van der Waals surface area contributed by atoms with Gasteiger partial charge in [-0.05, 0) is 112 Å². The molecule has 0 heterocycles. The van der Waals surface area contributed by atoms with E-state index in [1.807, 2.05) is 6.92 Å². The molecule has 4 saturated carbocycles. The van der Waals surface area contributed by atoms with E-state index in [0.29, 0.717) is 29.0 Å². The van der Waals surface area contributed by atoms with Crippen molar-refractivity contribution in [1.29, 1.82) is 0 Å². The smallest absolute Gasteiger partial charge is 0.133 e. The molecule has 27 heavy (non-hydrogen) atoms. The summed E-state index contributed by atoms with van der Waals surface area (Å²) in [5, 5.41) is 10.7. The van der Waals surface area contributed by atoms with Crippen LogP contribution < -0.4 is 0 Å². The maximum absolute atomic E-state index is 12.7. The predicted octanol–water partition coefficient (Wildman–Crippen LogP) is 5.87. The van der Waals surface area contributed by atoms with Crippen molar-refractivity contribution in [3.8, 4) is 0 Å². The van der Waals surface area contributed by atoms with E-state index in [0.717, 1.165) is 30.6 Å². The summed E-state index contributed by atoms with van der Waals surface area (Å²) >= 11 is 0. The zero-order chi connectivity index (χ0) is 19.8. The van der Waals surface area contributed by atoms with Crippen LogP contribution in [0.2, 0.25) is 0 Å². The van der Waals surface area contributed by atoms with Crippen LogP contribution in [0.25, 0.3) is 0 Å². The van der Waals surface area contributed by atoms with E-state index >= 15 is 0 Å². The highest BCUT2D eigenvalue weighted by Gasteiger charge is 2.63. The van der Waals surface area contributed by atoms with Gasteiger partial charge < -0.3 is 5.11 Å². The van der Waals surface area contributed by atoms with Crippen molar-refractivity contribution in [2.75, 3.05) is 0 Å². The fourth-order valence-corrected chi connectivity index (χ4v) is 8.95. The first-order valence-corrected chi connectivity index (χ1v) is 11.7. The number of hydrogen-bond donors (Lipinski definition) is 1. The van der Waals surface area contributed by atoms with Gasteiger partial charge in [0.1, 0.15) is 5.78 Å². The van der Waals surface area contributed by atoms with Crippen molar-refractivity contribution < 1.29 is 9.90 Å². The van der Waals surface area contributed by atoms with Gasteiger partial charge in [-0.25, -0.2) is 0 Å². The molecule has 0 spiro atoms. The Bertz CT molecular complexity index is 607. The molecule has 4 aliphatic carbocycles. The van der Waals surface area contributed by atoms with Gasteiger partial charge in [0.2, 0.25) is 0 Å². The second-order valence-corrected chi connectivity index (χ2v) is 12.1. The first kappa shape index (κ1) is 19.9. The number of aliphatic hydroxyl groups is 1. The molecule has 1 N–H and O–H groups in total. The molecule has 0 amide bonds. The van der Waals surface area contributed by atoms with Crippen LogP contribution in [-0.2, 0) is 4.79 Å². The quantitative estimate of drug-likeness (QED) is 0.656. The van der Waals surface area contributed by atoms with Gasteiger partial charge in [-0.2, -0.15) is 0 Å². The van der Waals surface area contributed by atoms with Gasteiger partial charge in [-0.3, -0.25) is 4.79 Å². The molecule has 0 aromatic heterocycles. The van der Waals surface area contributed by atoms with Gasteiger partial charge in [0.05, 0.1) is 5.60 Å². The minimum absolute atomic E-state index is 0.227. The average Bonchev–Trinajstić information content (AvgIpc) is 2.89. The summed E-state index contributed by atoms with van der Waals surface area (Å²) in [4.78, 5) is 12.7. The Morgan fingerprint density at radius 2 is 1.67 bits per heavy atom. The first-order chi connectivity index (χ1) is 12.5. The zero-order valence-electron chi connectivity index (χ0n) is 18.6. The number of hydrogen-bond acceptors (Lipinski definition) is 2. The normalized spacial score (nSPS) is 55.0. The van der Waals surface area contributed by atoms with Crippen molar-refractivity contribution in [3.63, 3.8) is 0 Å². The molecule has 4 aliphatic rings. The van der Waals surface area contributed by atoms with E-state index in [2.05, 4.69) is 34.6 Å². The summed E-state index contributed by atoms with van der Waals surface area (Å²) in [7, 11) is 0. The zero-order valence-corrected chi connectivity index (χ0v) is 18.6. The van der Waals surface area contributed by atoms with E-state index in [1.54, 1.807) is 0 Å². The van der Waals surface area contributed by atoms with Crippen molar-refractivity contribution in [2.24, 2.45) is 52.3 Å². The fraction of sp³-hybridized carbons (Fsp3) is 0.960. The van der Waals surface area contributed by atoms with E-state index < -0.39 is 5.60 Å². The van der Waals surface area contributed by atoms with Crippen molar-refractivity contribution in [2.45, 2.75) is 98.5 Å². The largest absolute Gasteiger partial charge is 0.390 e. The monoisotopic (exact) mass is 374 g/mol. The molecule has 0 saturated heterocycles. The van der Waals surface area contributed by atoms with Crippen molar-refractivity contribution in [1.82, 2.24) is 0 Å². The van der Waals surface area contributed by atoms with Gasteiger partial charge >= 0.3 is 0 Å². The molecule has 9 atom stereocenters. The molecule has 0 aliphatic heterocycles. The summed E-state index contributed by atoms with van der Waals surface area (Å²) in [5.74, 6) is 4.95. The summed E-state index contributed by atoms with van der Waals surface area (Å²) in [5.41, 5.74) is 0.190. The molecule has 1 unspecified atom stereocenters. The lowest BCUT2D eigenvalue weighted by atomic mass is 9.44. The SMILES string of the molecule is CC(=O)C1[C@H](C(C)C)C[C@H]2[C@@H]3CC[C@H]4C[C@](C)(O)CC[C@]4(C)[C@H]3CC[C@]12C. The third-order valence-corrected chi connectivity index (χ3v) is 10.4. The summed E-state index contributed by atoms with van der Waals surface area (Å²) < 4.78 is 0. The highest BCUT2D eigenvalue weighted by molar-refractivity contribution is 5.80. The van der Waals surface area contributed by atoms with Crippen LogP contribution in [0.4, 0.5) is 0 Å². The van der Waals surface area contributed by atoms with Gasteiger partial charge in [0.15, 0.2) is 0 Å². The number of carbonyl (C=O) groups excluding carboxylic acids is 1. The lowest BCUT2D eigenvalue weighted by Gasteiger charge is -2.61. The number of rotatable bonds is 2. The standard InChI is InChI=1S/C25H42O2/c1-15(2)19-13-21-18-8-7-17-14-23(4,27)11-12-24(17,5)20(18)9-10-25(21,6)22(19)16(3)26/h15,17-22,27H,7-14H2,1-6H3/t17-,18+,19-,20-,21-,22?,23+,24-,25-/m0/s1. The van der Waals surface area contributed by atoms with Crippen LogP contribution in [0.1, 0.15) is 92.9 Å². The Hall–Kier alpha value is -0.370. The lowest BCUT2D eigenvalue weighted by Crippen LogP contribution is -2.55. The topological polar surface area (TPSA) is 37.3 Å². The van der Waals surface area contributed by atoms with Crippen LogP contribution in [0.15, 0.2) is 0 Å². The molecule has 0 aromatic carbocycles. The van der Waals surface area contributed by atoms with Gasteiger partial charge in [0, 0.05) is 5.92 Å². The Morgan fingerprint density at radius 3 is 2.30 bits per heavy atom. The van der Waals surface area contributed by atoms with E-state index in [9.17, 15) is 9.90 Å². The Labute approximate surface area is 166 Å². The minimum atomic E-state index is -0.448. The van der Waals surface area contributed by atoms with Crippen LogP contribution in [-0.4, -0.2) is 16.5 Å². The van der Waals surface area contributed by atoms with Crippen LogP contribution in [0.3, 0.4) is 0 Å². The van der Waals surface area contributed by atoms with Gasteiger partial charge in [-0.15, -0.1) is 0 Å². The average molecular weight is 375 g/mol. The molecular weight excluding hydrogens is 332 g/mol. The van der Waals surface area contributed by atoms with Gasteiger partial charge in [-0.1, -0.05) is 27.7 Å². The molecule has 4 fully saturated rings. The number of fused-ring (bicyclic) bond motifs is 5. The number of carbonyl (C=O) groups is 1. The van der Waals surface area contributed by atoms with Crippen LogP contribution in [0, 0.1) is 52.3 Å². The molecule has 0 bridgehead atoms.